The van der Waals surface area contributed by atoms with Crippen LogP contribution in [0.1, 0.15) is 12.5 Å². The highest BCUT2D eigenvalue weighted by Crippen LogP contribution is 2.32. The second-order valence-corrected chi connectivity index (χ2v) is 7.16. The molecule has 1 atom stereocenters. The molecular weight excluding hydrogens is 329 g/mol. The van der Waals surface area contributed by atoms with E-state index in [2.05, 4.69) is 22.8 Å². The predicted molar refractivity (Wildman–Crippen MR) is 102 cm³/mol. The third-order valence-corrected chi connectivity index (χ3v) is 5.40. The molecule has 2 heterocycles. The van der Waals surface area contributed by atoms with E-state index in [0.717, 1.165) is 38.3 Å². The third kappa shape index (κ3) is 3.19. The monoisotopic (exact) mass is 353 g/mol. The maximum Gasteiger partial charge on any atom is 0.241 e. The van der Waals surface area contributed by atoms with Gasteiger partial charge in [0.15, 0.2) is 0 Å². The van der Waals surface area contributed by atoms with Crippen molar-refractivity contribution in [2.45, 2.75) is 19.4 Å². The van der Waals surface area contributed by atoms with Gasteiger partial charge in [-0.2, -0.15) is 0 Å². The number of carbonyl (C=O) groups is 1. The van der Waals surface area contributed by atoms with E-state index in [1.165, 1.54) is 11.6 Å². The SMILES string of the molecule is CC1Cc2ccccc2N1C(=O)CN1CCN(c2ccccc2F)CC1. The Bertz CT molecular complexity index is 801. The van der Waals surface area contributed by atoms with Crippen LogP contribution in [0.25, 0.3) is 0 Å². The topological polar surface area (TPSA) is 26.8 Å². The van der Waals surface area contributed by atoms with Crippen molar-refractivity contribution in [3.05, 3.63) is 59.9 Å². The van der Waals surface area contributed by atoms with Gasteiger partial charge in [0.2, 0.25) is 5.91 Å². The van der Waals surface area contributed by atoms with E-state index in [1.807, 2.05) is 35.2 Å². The highest BCUT2D eigenvalue weighted by atomic mass is 19.1. The molecular formula is C21H24FN3O. The third-order valence-electron chi connectivity index (χ3n) is 5.40. The number of hydrogen-bond donors (Lipinski definition) is 0. The van der Waals surface area contributed by atoms with Gasteiger partial charge in [0.1, 0.15) is 5.82 Å². The van der Waals surface area contributed by atoms with Gasteiger partial charge in [0, 0.05) is 37.9 Å². The molecule has 2 aliphatic rings. The Hall–Kier alpha value is -2.40. The van der Waals surface area contributed by atoms with Crippen molar-refractivity contribution in [3.8, 4) is 0 Å². The summed E-state index contributed by atoms with van der Waals surface area (Å²) in [6.07, 6.45) is 0.920. The summed E-state index contributed by atoms with van der Waals surface area (Å²) in [4.78, 5) is 19.1. The molecule has 1 unspecified atom stereocenters. The van der Waals surface area contributed by atoms with E-state index >= 15 is 0 Å². The molecule has 2 aliphatic heterocycles. The molecule has 0 aromatic heterocycles. The molecule has 136 valence electrons. The average Bonchev–Trinajstić information content (AvgIpc) is 2.99. The van der Waals surface area contributed by atoms with Gasteiger partial charge in [-0.25, -0.2) is 4.39 Å². The minimum Gasteiger partial charge on any atom is -0.367 e. The van der Waals surface area contributed by atoms with Gasteiger partial charge < -0.3 is 9.80 Å². The second kappa shape index (κ2) is 7.08. The van der Waals surface area contributed by atoms with Gasteiger partial charge >= 0.3 is 0 Å². The lowest BCUT2D eigenvalue weighted by Crippen LogP contribution is -2.51. The van der Waals surface area contributed by atoms with E-state index in [0.29, 0.717) is 12.2 Å². The molecule has 2 aromatic carbocycles. The number of halogens is 1. The number of carbonyl (C=O) groups excluding carboxylic acids is 1. The van der Waals surface area contributed by atoms with Crippen molar-refractivity contribution < 1.29 is 9.18 Å². The molecule has 0 N–H and O–H groups in total. The van der Waals surface area contributed by atoms with Crippen LogP contribution < -0.4 is 9.80 Å². The summed E-state index contributed by atoms with van der Waals surface area (Å²) in [7, 11) is 0. The van der Waals surface area contributed by atoms with E-state index in [-0.39, 0.29) is 17.8 Å². The summed E-state index contributed by atoms with van der Waals surface area (Å²) in [5.41, 5.74) is 2.95. The fourth-order valence-corrected chi connectivity index (χ4v) is 4.07. The molecule has 0 aliphatic carbocycles. The molecule has 4 rings (SSSR count). The lowest BCUT2D eigenvalue weighted by molar-refractivity contribution is -0.120. The van der Waals surface area contributed by atoms with Crippen molar-refractivity contribution in [1.29, 1.82) is 0 Å². The molecule has 1 amide bonds. The molecule has 0 radical (unpaired) electrons. The number of nitrogens with zero attached hydrogens (tertiary/aromatic N) is 3. The zero-order valence-electron chi connectivity index (χ0n) is 15.1. The zero-order valence-corrected chi connectivity index (χ0v) is 15.1. The lowest BCUT2D eigenvalue weighted by atomic mass is 10.1. The molecule has 0 spiro atoms. The van der Waals surface area contributed by atoms with Crippen LogP contribution in [0.4, 0.5) is 15.8 Å². The first-order valence-electron chi connectivity index (χ1n) is 9.25. The van der Waals surface area contributed by atoms with E-state index in [9.17, 15) is 9.18 Å². The van der Waals surface area contributed by atoms with Crippen LogP contribution in [0.2, 0.25) is 0 Å². The van der Waals surface area contributed by atoms with Crippen LogP contribution in [-0.2, 0) is 11.2 Å². The fourth-order valence-electron chi connectivity index (χ4n) is 4.07. The first-order valence-corrected chi connectivity index (χ1v) is 9.25. The molecule has 1 fully saturated rings. The molecule has 0 bridgehead atoms. The number of benzene rings is 2. The first-order chi connectivity index (χ1) is 12.6. The Kier molecular flexibility index (Phi) is 4.64. The quantitative estimate of drug-likeness (QED) is 0.849. The minimum atomic E-state index is -0.181. The summed E-state index contributed by atoms with van der Waals surface area (Å²) < 4.78 is 14.0. The number of anilines is 2. The van der Waals surface area contributed by atoms with Crippen molar-refractivity contribution in [2.75, 3.05) is 42.5 Å². The molecule has 26 heavy (non-hydrogen) atoms. The Balaban J connectivity index is 1.38. The highest BCUT2D eigenvalue weighted by Gasteiger charge is 2.32. The zero-order chi connectivity index (χ0) is 18.1. The van der Waals surface area contributed by atoms with Crippen molar-refractivity contribution in [1.82, 2.24) is 4.90 Å². The summed E-state index contributed by atoms with van der Waals surface area (Å²) in [6.45, 7) is 5.53. The van der Waals surface area contributed by atoms with Crippen molar-refractivity contribution in [2.24, 2.45) is 0 Å². The molecule has 5 heteroatoms. The van der Waals surface area contributed by atoms with Gasteiger partial charge in [0.25, 0.3) is 0 Å². The van der Waals surface area contributed by atoms with Gasteiger partial charge in [-0.05, 0) is 37.1 Å². The highest BCUT2D eigenvalue weighted by molar-refractivity contribution is 5.97. The second-order valence-electron chi connectivity index (χ2n) is 7.16. The van der Waals surface area contributed by atoms with Crippen molar-refractivity contribution >= 4 is 17.3 Å². The average molecular weight is 353 g/mol. The molecule has 2 aromatic rings. The van der Waals surface area contributed by atoms with Gasteiger partial charge in [-0.1, -0.05) is 30.3 Å². The van der Waals surface area contributed by atoms with Gasteiger partial charge in [-0.3, -0.25) is 9.69 Å². The summed E-state index contributed by atoms with van der Waals surface area (Å²) in [5, 5.41) is 0. The Labute approximate surface area is 153 Å². The number of piperazine rings is 1. The Morgan fingerprint density at radius 3 is 2.38 bits per heavy atom. The Morgan fingerprint density at radius 2 is 1.65 bits per heavy atom. The van der Waals surface area contributed by atoms with Crippen LogP contribution in [0, 0.1) is 5.82 Å². The van der Waals surface area contributed by atoms with E-state index in [4.69, 9.17) is 0 Å². The number of amides is 1. The first kappa shape index (κ1) is 17.0. The van der Waals surface area contributed by atoms with E-state index < -0.39 is 0 Å². The smallest absolute Gasteiger partial charge is 0.241 e. The summed E-state index contributed by atoms with van der Waals surface area (Å²) >= 11 is 0. The fraction of sp³-hybridized carbons (Fsp3) is 0.381. The lowest BCUT2D eigenvalue weighted by Gasteiger charge is -2.36. The van der Waals surface area contributed by atoms with Crippen molar-refractivity contribution in [3.63, 3.8) is 0 Å². The van der Waals surface area contributed by atoms with Crippen LogP contribution in [0.15, 0.2) is 48.5 Å². The number of para-hydroxylation sites is 2. The van der Waals surface area contributed by atoms with E-state index in [1.54, 1.807) is 6.07 Å². The van der Waals surface area contributed by atoms with Crippen LogP contribution >= 0.6 is 0 Å². The minimum absolute atomic E-state index is 0.154. The summed E-state index contributed by atoms with van der Waals surface area (Å²) in [5.74, 6) is -0.0266. The predicted octanol–water partition coefficient (Wildman–Crippen LogP) is 2.93. The Morgan fingerprint density at radius 1 is 1.00 bits per heavy atom. The van der Waals surface area contributed by atoms with Gasteiger partial charge in [-0.15, -0.1) is 0 Å². The van der Waals surface area contributed by atoms with Crippen LogP contribution in [0.5, 0.6) is 0 Å². The number of fused-ring (bicyclic) bond motifs is 1. The normalized spacial score (nSPS) is 20.3. The van der Waals surface area contributed by atoms with Crippen LogP contribution in [0.3, 0.4) is 0 Å². The number of rotatable bonds is 3. The molecule has 1 saturated heterocycles. The largest absolute Gasteiger partial charge is 0.367 e. The number of hydrogen-bond acceptors (Lipinski definition) is 3. The van der Waals surface area contributed by atoms with Gasteiger partial charge in [0.05, 0.1) is 12.2 Å². The van der Waals surface area contributed by atoms with Crippen LogP contribution in [-0.4, -0.2) is 49.6 Å². The molecule has 0 saturated carbocycles. The summed E-state index contributed by atoms with van der Waals surface area (Å²) in [6, 6.07) is 15.3. The maximum absolute atomic E-state index is 14.0. The molecule has 4 nitrogen and oxygen atoms in total. The maximum atomic E-state index is 14.0. The standard InChI is InChI=1S/C21H24FN3O/c1-16-14-17-6-2-4-8-19(17)25(16)21(26)15-23-10-12-24(13-11-23)20-9-5-3-7-18(20)22/h2-9,16H,10-15H2,1H3.